The Kier molecular flexibility index (Phi) is 6.48. The smallest absolute Gasteiger partial charge is 0.226 e. The number of rotatable bonds is 8. The summed E-state index contributed by atoms with van der Waals surface area (Å²) in [5.74, 6) is -0.186. The van der Waals surface area contributed by atoms with Crippen molar-refractivity contribution in [2.45, 2.75) is 51.1 Å². The summed E-state index contributed by atoms with van der Waals surface area (Å²) in [5, 5.41) is 18.3. The fraction of sp³-hybridized carbons (Fsp3) is 0.381. The second kappa shape index (κ2) is 9.62. The number of anilines is 1. The van der Waals surface area contributed by atoms with Gasteiger partial charge in [0.05, 0.1) is 18.8 Å². The van der Waals surface area contributed by atoms with Crippen LogP contribution in [-0.4, -0.2) is 31.8 Å². The molecule has 30 heavy (non-hydrogen) atoms. The van der Waals surface area contributed by atoms with Gasteiger partial charge in [-0.15, -0.1) is 10.2 Å². The zero-order valence-corrected chi connectivity index (χ0v) is 17.4. The lowest BCUT2D eigenvalue weighted by Crippen LogP contribution is -2.31. The zero-order valence-electron chi connectivity index (χ0n) is 16.6. The maximum atomic E-state index is 12.4. The van der Waals surface area contributed by atoms with Gasteiger partial charge in [-0.1, -0.05) is 41.7 Å². The van der Waals surface area contributed by atoms with Gasteiger partial charge in [0, 0.05) is 24.1 Å². The lowest BCUT2D eigenvalue weighted by molar-refractivity contribution is -0.122. The molecule has 0 saturated carbocycles. The molecule has 2 amide bonds. The highest BCUT2D eigenvalue weighted by Gasteiger charge is 2.25. The minimum Gasteiger partial charge on any atom is -0.349 e. The number of nitrogens with zero attached hydrogens (tertiary/aromatic N) is 4. The molecule has 8 nitrogen and oxygen atoms in total. The quantitative estimate of drug-likeness (QED) is 0.579. The van der Waals surface area contributed by atoms with E-state index in [9.17, 15) is 9.59 Å². The lowest BCUT2D eigenvalue weighted by Gasteiger charge is -2.24. The highest BCUT2D eigenvalue weighted by molar-refractivity contribution is 7.13. The van der Waals surface area contributed by atoms with Crippen LogP contribution in [0.4, 0.5) is 5.13 Å². The molecule has 0 saturated heterocycles. The molecule has 0 aliphatic heterocycles. The number of carbonyl (C=O) groups is 2. The number of fused-ring (bicyclic) bond motifs is 1. The van der Waals surface area contributed by atoms with Crippen molar-refractivity contribution < 1.29 is 9.59 Å². The van der Waals surface area contributed by atoms with E-state index in [1.807, 2.05) is 29.1 Å². The van der Waals surface area contributed by atoms with E-state index in [4.69, 9.17) is 0 Å². The van der Waals surface area contributed by atoms with Gasteiger partial charge in [-0.05, 0) is 31.2 Å². The maximum absolute atomic E-state index is 12.4. The first-order chi connectivity index (χ1) is 14.7. The third-order valence-electron chi connectivity index (χ3n) is 5.19. The molecule has 4 rings (SSSR count). The number of nitrogens with one attached hydrogen (secondary N) is 2. The predicted molar refractivity (Wildman–Crippen MR) is 114 cm³/mol. The largest absolute Gasteiger partial charge is 0.349 e. The third kappa shape index (κ3) is 5.10. The van der Waals surface area contributed by atoms with Crippen LogP contribution in [-0.2, 0) is 22.6 Å². The molecule has 1 aliphatic rings. The lowest BCUT2D eigenvalue weighted by atomic mass is 9.92. The molecule has 156 valence electrons. The van der Waals surface area contributed by atoms with Gasteiger partial charge >= 0.3 is 0 Å². The van der Waals surface area contributed by atoms with Crippen LogP contribution in [0.25, 0.3) is 0 Å². The van der Waals surface area contributed by atoms with Gasteiger partial charge < -0.3 is 10.6 Å². The van der Waals surface area contributed by atoms with Crippen LogP contribution in [0, 0.1) is 0 Å². The Hall–Kier alpha value is -3.07. The van der Waals surface area contributed by atoms with Crippen molar-refractivity contribution in [3.8, 4) is 0 Å². The number of amides is 2. The van der Waals surface area contributed by atoms with Crippen molar-refractivity contribution in [3.05, 3.63) is 58.9 Å². The van der Waals surface area contributed by atoms with Gasteiger partial charge in [-0.25, -0.2) is 0 Å². The fourth-order valence-electron chi connectivity index (χ4n) is 3.75. The maximum Gasteiger partial charge on any atom is 0.226 e. The number of hydrogen-bond acceptors (Lipinski definition) is 6. The minimum absolute atomic E-state index is 0.0130. The van der Waals surface area contributed by atoms with Gasteiger partial charge in [-0.3, -0.25) is 14.3 Å². The first kappa shape index (κ1) is 20.2. The Morgan fingerprint density at radius 2 is 2.00 bits per heavy atom. The Bertz CT molecular complexity index is 986. The zero-order chi connectivity index (χ0) is 20.8. The van der Waals surface area contributed by atoms with E-state index in [2.05, 4.69) is 38.1 Å². The molecular weight excluding hydrogens is 400 g/mol. The van der Waals surface area contributed by atoms with E-state index in [0.29, 0.717) is 18.0 Å². The molecule has 2 aromatic heterocycles. The topological polar surface area (TPSA) is 102 Å². The van der Waals surface area contributed by atoms with Gasteiger partial charge in [0.1, 0.15) is 5.51 Å². The molecule has 2 heterocycles. The van der Waals surface area contributed by atoms with Crippen molar-refractivity contribution in [3.63, 3.8) is 0 Å². The van der Waals surface area contributed by atoms with Crippen LogP contribution in [0.15, 0.2) is 42.0 Å². The summed E-state index contributed by atoms with van der Waals surface area (Å²) in [6.07, 6.45) is 5.86. The number of benzene rings is 1. The van der Waals surface area contributed by atoms with Gasteiger partial charge in [-0.2, -0.15) is 5.10 Å². The molecule has 2 N–H and O–H groups in total. The summed E-state index contributed by atoms with van der Waals surface area (Å²) >= 11 is 1.27. The Morgan fingerprint density at radius 1 is 1.17 bits per heavy atom. The van der Waals surface area contributed by atoms with Crippen molar-refractivity contribution >= 4 is 28.3 Å². The van der Waals surface area contributed by atoms with E-state index in [0.717, 1.165) is 31.4 Å². The van der Waals surface area contributed by atoms with Crippen LogP contribution in [0.2, 0.25) is 0 Å². The van der Waals surface area contributed by atoms with Gasteiger partial charge in [0.25, 0.3) is 0 Å². The number of aromatic nitrogens is 4. The minimum atomic E-state index is -0.151. The molecule has 9 heteroatoms. The summed E-state index contributed by atoms with van der Waals surface area (Å²) in [5.41, 5.74) is 5.08. The van der Waals surface area contributed by atoms with Crippen LogP contribution < -0.4 is 10.6 Å². The summed E-state index contributed by atoms with van der Waals surface area (Å²) in [7, 11) is 0. The molecule has 1 aromatic carbocycles. The van der Waals surface area contributed by atoms with E-state index in [1.54, 1.807) is 5.51 Å². The number of hydrogen-bond donors (Lipinski definition) is 2. The van der Waals surface area contributed by atoms with Crippen molar-refractivity contribution in [2.75, 3.05) is 5.32 Å². The molecule has 1 atom stereocenters. The average molecular weight is 425 g/mol. The van der Waals surface area contributed by atoms with Crippen molar-refractivity contribution in [2.24, 2.45) is 0 Å². The Morgan fingerprint density at radius 3 is 2.80 bits per heavy atom. The molecule has 0 bridgehead atoms. The SMILES string of the molecule is O=C(CCCC(=O)NC1CCCc2c1cnn2Cc1ccccc1)Nc1nncs1. The Balaban J connectivity index is 1.28. The standard InChI is InChI=1S/C21H24N6O2S/c28-19(10-5-11-20(29)25-21-26-22-14-30-21)24-17-8-4-9-18-16(17)12-23-27(18)13-15-6-2-1-3-7-15/h1-3,6-7,12,14,17H,4-5,8-11,13H2,(H,24,28)(H,25,26,29). The van der Waals surface area contributed by atoms with Gasteiger partial charge in [0.2, 0.25) is 16.9 Å². The van der Waals surface area contributed by atoms with Crippen LogP contribution in [0.3, 0.4) is 0 Å². The monoisotopic (exact) mass is 424 g/mol. The fourth-order valence-corrected chi connectivity index (χ4v) is 4.21. The summed E-state index contributed by atoms with van der Waals surface area (Å²) in [6, 6.07) is 10.2. The van der Waals surface area contributed by atoms with Crippen LogP contribution in [0.5, 0.6) is 0 Å². The van der Waals surface area contributed by atoms with Crippen LogP contribution >= 0.6 is 11.3 Å². The van der Waals surface area contributed by atoms with Crippen molar-refractivity contribution in [1.82, 2.24) is 25.3 Å². The molecule has 1 aliphatic carbocycles. The van der Waals surface area contributed by atoms with Gasteiger partial charge in [0.15, 0.2) is 0 Å². The normalized spacial score (nSPS) is 15.4. The molecule has 0 radical (unpaired) electrons. The Labute approximate surface area is 178 Å². The van der Waals surface area contributed by atoms with E-state index < -0.39 is 0 Å². The van der Waals surface area contributed by atoms with E-state index >= 15 is 0 Å². The first-order valence-electron chi connectivity index (χ1n) is 10.1. The second-order valence-electron chi connectivity index (χ2n) is 7.35. The molecule has 0 spiro atoms. The third-order valence-corrected chi connectivity index (χ3v) is 5.79. The average Bonchev–Trinajstić information content (AvgIpc) is 3.40. The molecule has 1 unspecified atom stereocenters. The molecule has 3 aromatic rings. The second-order valence-corrected chi connectivity index (χ2v) is 8.18. The predicted octanol–water partition coefficient (Wildman–Crippen LogP) is 3.09. The number of carbonyl (C=O) groups excluding carboxylic acids is 2. The molecular formula is C21H24N6O2S. The highest BCUT2D eigenvalue weighted by Crippen LogP contribution is 2.30. The molecule has 0 fully saturated rings. The first-order valence-corrected chi connectivity index (χ1v) is 11.0. The highest BCUT2D eigenvalue weighted by atomic mass is 32.1. The van der Waals surface area contributed by atoms with Crippen molar-refractivity contribution in [1.29, 1.82) is 0 Å². The summed E-state index contributed by atoms with van der Waals surface area (Å²) in [4.78, 5) is 24.3. The summed E-state index contributed by atoms with van der Waals surface area (Å²) in [6.45, 7) is 0.737. The summed E-state index contributed by atoms with van der Waals surface area (Å²) < 4.78 is 2.04. The van der Waals surface area contributed by atoms with E-state index in [-0.39, 0.29) is 24.3 Å². The van der Waals surface area contributed by atoms with E-state index in [1.165, 1.54) is 22.6 Å². The van der Waals surface area contributed by atoms with Crippen LogP contribution in [0.1, 0.15) is 55.0 Å².